The van der Waals surface area contributed by atoms with Gasteiger partial charge in [-0.25, -0.2) is 0 Å². The van der Waals surface area contributed by atoms with Gasteiger partial charge in [-0.15, -0.1) is 0 Å². The second-order valence-corrected chi connectivity index (χ2v) is 3.95. The minimum Gasteiger partial charge on any atom is -0.381 e. The molecule has 1 N–H and O–H groups in total. The van der Waals surface area contributed by atoms with E-state index in [0.717, 1.165) is 31.9 Å². The molecule has 1 rings (SSSR count). The summed E-state index contributed by atoms with van der Waals surface area (Å²) in [5.41, 5.74) is 2.37. The first-order valence-electron chi connectivity index (χ1n) is 5.83. The molecule has 0 bridgehead atoms. The fraction of sp³-hybridized carbons (Fsp3) is 0.538. The topological polar surface area (TPSA) is 24.5 Å². The molecule has 0 radical (unpaired) electrons. The summed E-state index contributed by atoms with van der Waals surface area (Å²) >= 11 is 0. The molecule has 16 heavy (non-hydrogen) atoms. The number of nitrogens with one attached hydrogen (secondary N) is 1. The van der Waals surface area contributed by atoms with Crippen molar-refractivity contribution in [3.63, 3.8) is 0 Å². The number of ether oxygens (including phenoxy) is 1. The number of rotatable bonds is 7. The molecule has 0 saturated carbocycles. The Labute approximate surface area is 98.4 Å². The van der Waals surface area contributed by atoms with E-state index in [-0.39, 0.29) is 0 Å². The molecule has 0 spiro atoms. The zero-order chi connectivity index (χ0) is 11.8. The lowest BCUT2D eigenvalue weighted by molar-refractivity contribution is 0.144. The Bertz CT molecular complexity index is 300. The van der Waals surface area contributed by atoms with E-state index in [0.29, 0.717) is 0 Å². The number of hydrogen-bond donors (Lipinski definition) is 1. The van der Waals surface area contributed by atoms with Crippen LogP contribution in [-0.4, -0.2) is 33.9 Å². The van der Waals surface area contributed by atoms with E-state index in [4.69, 9.17) is 4.74 Å². The molecule has 0 aliphatic rings. The molecule has 3 nitrogen and oxygen atoms in total. The third-order valence-electron chi connectivity index (χ3n) is 2.30. The van der Waals surface area contributed by atoms with Crippen LogP contribution >= 0.6 is 0 Å². The van der Waals surface area contributed by atoms with E-state index >= 15 is 0 Å². The van der Waals surface area contributed by atoms with Gasteiger partial charge in [-0.3, -0.25) is 0 Å². The maximum absolute atomic E-state index is 5.43. The van der Waals surface area contributed by atoms with E-state index in [1.54, 1.807) is 0 Å². The maximum Gasteiger partial charge on any atom is 0.0639 e. The fourth-order valence-corrected chi connectivity index (χ4v) is 1.52. The van der Waals surface area contributed by atoms with Gasteiger partial charge in [0.05, 0.1) is 18.0 Å². The van der Waals surface area contributed by atoms with E-state index in [9.17, 15) is 0 Å². The minimum atomic E-state index is 0.760. The molecule has 0 aliphatic heterocycles. The summed E-state index contributed by atoms with van der Waals surface area (Å²) < 4.78 is 5.43. The summed E-state index contributed by atoms with van der Waals surface area (Å²) in [6.45, 7) is 4.58. The van der Waals surface area contributed by atoms with Gasteiger partial charge in [-0.2, -0.15) is 0 Å². The predicted octanol–water partition coefficient (Wildman–Crippen LogP) is 2.59. The molecule has 0 atom stereocenters. The number of nitrogens with zero attached hydrogens (tertiary/aromatic N) is 1. The standard InChI is InChI=1S/C13H22N2O/c1-4-10-16-11-9-14-12-7-5-6-8-13(12)15(2)3/h5-8,14H,4,9-11H2,1-3H3. The van der Waals surface area contributed by atoms with Gasteiger partial charge in [0.1, 0.15) is 0 Å². The van der Waals surface area contributed by atoms with Gasteiger partial charge in [0, 0.05) is 27.2 Å². The van der Waals surface area contributed by atoms with Crippen molar-refractivity contribution in [2.24, 2.45) is 0 Å². The van der Waals surface area contributed by atoms with Crippen LogP contribution in [0.25, 0.3) is 0 Å². The van der Waals surface area contributed by atoms with Crippen molar-refractivity contribution >= 4 is 11.4 Å². The van der Waals surface area contributed by atoms with Crippen LogP contribution in [0.3, 0.4) is 0 Å². The normalized spacial score (nSPS) is 10.2. The lowest BCUT2D eigenvalue weighted by Gasteiger charge is -2.18. The highest BCUT2D eigenvalue weighted by Crippen LogP contribution is 2.22. The Hall–Kier alpha value is -1.22. The Morgan fingerprint density at radius 1 is 1.19 bits per heavy atom. The summed E-state index contributed by atoms with van der Waals surface area (Å²) in [6, 6.07) is 8.29. The largest absolute Gasteiger partial charge is 0.381 e. The van der Waals surface area contributed by atoms with Crippen molar-refractivity contribution in [2.45, 2.75) is 13.3 Å². The maximum atomic E-state index is 5.43. The van der Waals surface area contributed by atoms with Crippen molar-refractivity contribution in [1.82, 2.24) is 0 Å². The van der Waals surface area contributed by atoms with Crippen LogP contribution in [0.1, 0.15) is 13.3 Å². The molecule has 1 aromatic rings. The summed E-state index contributed by atoms with van der Waals surface area (Å²) in [4.78, 5) is 2.11. The van der Waals surface area contributed by atoms with Gasteiger partial charge >= 0.3 is 0 Å². The minimum absolute atomic E-state index is 0.760. The van der Waals surface area contributed by atoms with Crippen molar-refractivity contribution in [3.05, 3.63) is 24.3 Å². The fourth-order valence-electron chi connectivity index (χ4n) is 1.52. The smallest absolute Gasteiger partial charge is 0.0639 e. The monoisotopic (exact) mass is 222 g/mol. The quantitative estimate of drug-likeness (QED) is 0.718. The molecule has 0 aromatic heterocycles. The molecule has 3 heteroatoms. The Morgan fingerprint density at radius 2 is 1.94 bits per heavy atom. The summed E-state index contributed by atoms with van der Waals surface area (Å²) in [5.74, 6) is 0. The van der Waals surface area contributed by atoms with Crippen LogP contribution in [0, 0.1) is 0 Å². The van der Waals surface area contributed by atoms with Crippen molar-refractivity contribution < 1.29 is 4.74 Å². The molecule has 1 aromatic carbocycles. The number of hydrogen-bond acceptors (Lipinski definition) is 3. The summed E-state index contributed by atoms with van der Waals surface area (Å²) in [6.07, 6.45) is 1.08. The van der Waals surface area contributed by atoms with E-state index in [2.05, 4.69) is 29.3 Å². The molecule has 0 heterocycles. The Kier molecular flexibility index (Phi) is 5.72. The van der Waals surface area contributed by atoms with Crippen LogP contribution < -0.4 is 10.2 Å². The third-order valence-corrected chi connectivity index (χ3v) is 2.30. The number of benzene rings is 1. The first kappa shape index (κ1) is 12.8. The first-order chi connectivity index (χ1) is 7.75. The van der Waals surface area contributed by atoms with Gasteiger partial charge in [0.25, 0.3) is 0 Å². The van der Waals surface area contributed by atoms with Gasteiger partial charge in [-0.1, -0.05) is 19.1 Å². The zero-order valence-corrected chi connectivity index (χ0v) is 10.5. The van der Waals surface area contributed by atoms with Gasteiger partial charge in [0.15, 0.2) is 0 Å². The summed E-state index contributed by atoms with van der Waals surface area (Å²) in [5, 5.41) is 3.39. The highest BCUT2D eigenvalue weighted by molar-refractivity contribution is 5.69. The van der Waals surface area contributed by atoms with Gasteiger partial charge in [-0.05, 0) is 18.6 Å². The average Bonchev–Trinajstić information content (AvgIpc) is 2.29. The van der Waals surface area contributed by atoms with Crippen molar-refractivity contribution in [1.29, 1.82) is 0 Å². The first-order valence-corrected chi connectivity index (χ1v) is 5.83. The molecule has 0 aliphatic carbocycles. The van der Waals surface area contributed by atoms with Crippen LogP contribution in [0.5, 0.6) is 0 Å². The van der Waals surface area contributed by atoms with Crippen molar-refractivity contribution in [3.8, 4) is 0 Å². The van der Waals surface area contributed by atoms with E-state index in [1.807, 2.05) is 26.2 Å². The molecule has 90 valence electrons. The predicted molar refractivity (Wildman–Crippen MR) is 70.4 cm³/mol. The zero-order valence-electron chi connectivity index (χ0n) is 10.5. The highest BCUT2D eigenvalue weighted by atomic mass is 16.5. The molecule has 0 fully saturated rings. The number of anilines is 2. The lowest BCUT2D eigenvalue weighted by atomic mass is 10.2. The molecule has 0 amide bonds. The van der Waals surface area contributed by atoms with Crippen LogP contribution in [0.15, 0.2) is 24.3 Å². The van der Waals surface area contributed by atoms with Crippen LogP contribution in [-0.2, 0) is 4.74 Å². The average molecular weight is 222 g/mol. The van der Waals surface area contributed by atoms with E-state index in [1.165, 1.54) is 5.69 Å². The number of para-hydroxylation sites is 2. The second kappa shape index (κ2) is 7.12. The Morgan fingerprint density at radius 3 is 2.62 bits per heavy atom. The van der Waals surface area contributed by atoms with Crippen molar-refractivity contribution in [2.75, 3.05) is 44.1 Å². The molecule has 0 saturated heterocycles. The van der Waals surface area contributed by atoms with Gasteiger partial charge < -0.3 is 15.0 Å². The second-order valence-electron chi connectivity index (χ2n) is 3.95. The third kappa shape index (κ3) is 4.11. The highest BCUT2D eigenvalue weighted by Gasteiger charge is 2.01. The van der Waals surface area contributed by atoms with Crippen LogP contribution in [0.2, 0.25) is 0 Å². The van der Waals surface area contributed by atoms with Gasteiger partial charge in [0.2, 0.25) is 0 Å². The SMILES string of the molecule is CCCOCCNc1ccccc1N(C)C. The molecular weight excluding hydrogens is 200 g/mol. The molecule has 0 unspecified atom stereocenters. The lowest BCUT2D eigenvalue weighted by Crippen LogP contribution is -2.14. The van der Waals surface area contributed by atoms with E-state index < -0.39 is 0 Å². The summed E-state index contributed by atoms with van der Waals surface area (Å²) in [7, 11) is 4.10. The molecular formula is C13H22N2O. The Balaban J connectivity index is 2.41. The van der Waals surface area contributed by atoms with Crippen LogP contribution in [0.4, 0.5) is 11.4 Å².